The monoisotopic (exact) mass is 441 g/mol. The van der Waals surface area contributed by atoms with Gasteiger partial charge in [0.2, 0.25) is 0 Å². The first kappa shape index (κ1) is 17.9. The lowest BCUT2D eigenvalue weighted by atomic mass is 10.2. The first-order chi connectivity index (χ1) is 13.2. The van der Waals surface area contributed by atoms with Crippen LogP contribution >= 0.6 is 27.7 Å². The third kappa shape index (κ3) is 3.54. The van der Waals surface area contributed by atoms with Gasteiger partial charge in [-0.3, -0.25) is 4.79 Å². The van der Waals surface area contributed by atoms with Gasteiger partial charge in [0.1, 0.15) is 5.82 Å². The summed E-state index contributed by atoms with van der Waals surface area (Å²) in [6, 6.07) is 15.3. The van der Waals surface area contributed by atoms with Gasteiger partial charge in [-0.1, -0.05) is 58.0 Å². The van der Waals surface area contributed by atoms with Crippen molar-refractivity contribution in [1.29, 1.82) is 0 Å². The van der Waals surface area contributed by atoms with Gasteiger partial charge in [-0.15, -0.1) is 10.2 Å². The Morgan fingerprint density at radius 2 is 1.89 bits per heavy atom. The summed E-state index contributed by atoms with van der Waals surface area (Å²) in [7, 11) is 0. The first-order valence-electron chi connectivity index (χ1n) is 8.46. The molecule has 1 N–H and O–H groups in total. The Morgan fingerprint density at radius 1 is 1.11 bits per heavy atom. The van der Waals surface area contributed by atoms with Crippen LogP contribution in [0.1, 0.15) is 12.7 Å². The number of H-pyrrole nitrogens is 1. The molecule has 27 heavy (non-hydrogen) atoms. The van der Waals surface area contributed by atoms with Crippen molar-refractivity contribution in [2.75, 3.05) is 0 Å². The number of hydrogen-bond acceptors (Lipinski definition) is 5. The largest absolute Gasteiger partial charge is 0.309 e. The fourth-order valence-electron chi connectivity index (χ4n) is 2.86. The van der Waals surface area contributed by atoms with E-state index in [0.717, 1.165) is 27.6 Å². The summed E-state index contributed by atoms with van der Waals surface area (Å²) in [6.07, 6.45) is 0. The number of aromatic amines is 1. The van der Waals surface area contributed by atoms with E-state index in [1.807, 2.05) is 42.5 Å². The molecular weight excluding hydrogens is 426 g/mol. The third-order valence-electron chi connectivity index (χ3n) is 4.15. The number of nitrogens with zero attached hydrogens (tertiary/aromatic N) is 4. The number of benzene rings is 2. The highest BCUT2D eigenvalue weighted by Gasteiger charge is 2.15. The smallest absolute Gasteiger partial charge is 0.258 e. The molecule has 2 aromatic heterocycles. The second-order valence-corrected chi connectivity index (χ2v) is 7.65. The van der Waals surface area contributed by atoms with E-state index in [1.54, 1.807) is 6.07 Å². The third-order valence-corrected chi connectivity index (χ3v) is 5.82. The molecule has 0 aliphatic carbocycles. The topological polar surface area (TPSA) is 76.5 Å². The van der Waals surface area contributed by atoms with Crippen LogP contribution in [0.15, 0.2) is 63.0 Å². The predicted molar refractivity (Wildman–Crippen MR) is 111 cm³/mol. The van der Waals surface area contributed by atoms with Crippen LogP contribution in [0.3, 0.4) is 0 Å². The Labute approximate surface area is 168 Å². The van der Waals surface area contributed by atoms with Crippen molar-refractivity contribution in [3.05, 3.63) is 69.2 Å². The van der Waals surface area contributed by atoms with Crippen LogP contribution in [-0.2, 0) is 12.3 Å². The van der Waals surface area contributed by atoms with Crippen LogP contribution in [0.5, 0.6) is 0 Å². The van der Waals surface area contributed by atoms with Crippen molar-refractivity contribution in [3.63, 3.8) is 0 Å². The number of hydrogen-bond donors (Lipinski definition) is 1. The molecule has 0 fully saturated rings. The Kier molecular flexibility index (Phi) is 5.09. The summed E-state index contributed by atoms with van der Waals surface area (Å²) in [5, 5.41) is 10.1. The standard InChI is InChI=1S/C19H16BrN5OS/c1-2-25-17(12-7-3-5-9-14(12)20)23-24-19(25)27-11-16-21-15-10-6-4-8-13(15)18(26)22-16/h3-10H,2,11H2,1H3,(H,21,22,26). The highest BCUT2D eigenvalue weighted by atomic mass is 79.9. The van der Waals surface area contributed by atoms with Gasteiger partial charge in [0.15, 0.2) is 11.0 Å². The van der Waals surface area contributed by atoms with Crippen molar-refractivity contribution in [2.24, 2.45) is 0 Å². The molecule has 0 spiro atoms. The number of thioether (sulfide) groups is 1. The molecule has 136 valence electrons. The van der Waals surface area contributed by atoms with Crippen molar-refractivity contribution in [1.82, 2.24) is 24.7 Å². The molecule has 2 heterocycles. The highest BCUT2D eigenvalue weighted by molar-refractivity contribution is 9.10. The Morgan fingerprint density at radius 3 is 2.70 bits per heavy atom. The summed E-state index contributed by atoms with van der Waals surface area (Å²) < 4.78 is 3.04. The number of aromatic nitrogens is 5. The van der Waals surface area contributed by atoms with E-state index < -0.39 is 0 Å². The molecule has 0 saturated heterocycles. The summed E-state index contributed by atoms with van der Waals surface area (Å²) in [4.78, 5) is 19.6. The van der Waals surface area contributed by atoms with Crippen molar-refractivity contribution in [3.8, 4) is 11.4 Å². The molecule has 0 bridgehead atoms. The maximum absolute atomic E-state index is 12.2. The quantitative estimate of drug-likeness (QED) is 0.468. The average Bonchev–Trinajstić information content (AvgIpc) is 3.09. The Balaban J connectivity index is 1.63. The summed E-state index contributed by atoms with van der Waals surface area (Å²) in [5.74, 6) is 1.94. The van der Waals surface area contributed by atoms with Crippen LogP contribution < -0.4 is 5.56 Å². The van der Waals surface area contributed by atoms with Gasteiger partial charge in [0.25, 0.3) is 5.56 Å². The van der Waals surface area contributed by atoms with E-state index >= 15 is 0 Å². The lowest BCUT2D eigenvalue weighted by Crippen LogP contribution is -2.11. The predicted octanol–water partition coefficient (Wildman–Crippen LogP) is 4.26. The number of fused-ring (bicyclic) bond motifs is 1. The number of halogens is 1. The maximum atomic E-state index is 12.2. The first-order valence-corrected chi connectivity index (χ1v) is 10.2. The second kappa shape index (κ2) is 7.66. The lowest BCUT2D eigenvalue weighted by Gasteiger charge is -2.08. The van der Waals surface area contributed by atoms with E-state index in [9.17, 15) is 4.79 Å². The zero-order chi connectivity index (χ0) is 18.8. The lowest BCUT2D eigenvalue weighted by molar-refractivity contribution is 0.687. The minimum absolute atomic E-state index is 0.123. The molecule has 0 radical (unpaired) electrons. The van der Waals surface area contributed by atoms with Crippen molar-refractivity contribution < 1.29 is 0 Å². The maximum Gasteiger partial charge on any atom is 0.258 e. The zero-order valence-corrected chi connectivity index (χ0v) is 16.9. The van der Waals surface area contributed by atoms with E-state index in [0.29, 0.717) is 22.5 Å². The second-order valence-electron chi connectivity index (χ2n) is 5.85. The summed E-state index contributed by atoms with van der Waals surface area (Å²) in [5.41, 5.74) is 1.57. The van der Waals surface area contributed by atoms with Crippen LogP contribution in [0.25, 0.3) is 22.3 Å². The molecule has 2 aromatic carbocycles. The number of rotatable bonds is 5. The Bertz CT molecular complexity index is 1170. The van der Waals surface area contributed by atoms with Crippen LogP contribution in [0.2, 0.25) is 0 Å². The van der Waals surface area contributed by atoms with E-state index in [-0.39, 0.29) is 5.56 Å². The van der Waals surface area contributed by atoms with Crippen LogP contribution in [0, 0.1) is 0 Å². The van der Waals surface area contributed by atoms with Gasteiger partial charge in [0, 0.05) is 16.6 Å². The van der Waals surface area contributed by atoms with Gasteiger partial charge in [-0.2, -0.15) is 0 Å². The minimum Gasteiger partial charge on any atom is -0.309 e. The van der Waals surface area contributed by atoms with Crippen LogP contribution in [-0.4, -0.2) is 24.7 Å². The molecule has 0 saturated carbocycles. The van der Waals surface area contributed by atoms with Crippen molar-refractivity contribution in [2.45, 2.75) is 24.4 Å². The normalized spacial score (nSPS) is 11.2. The van der Waals surface area contributed by atoms with E-state index in [2.05, 4.69) is 47.6 Å². The fraction of sp³-hybridized carbons (Fsp3) is 0.158. The fourth-order valence-corrected chi connectivity index (χ4v) is 4.19. The molecule has 4 rings (SSSR count). The molecule has 0 atom stereocenters. The molecule has 8 heteroatoms. The SMILES string of the molecule is CCn1c(SCc2nc3ccccc3c(=O)[nH]2)nnc1-c1ccccc1Br. The minimum atomic E-state index is -0.123. The van der Waals surface area contributed by atoms with E-state index in [4.69, 9.17) is 0 Å². The van der Waals surface area contributed by atoms with Crippen molar-refractivity contribution >= 4 is 38.6 Å². The molecular formula is C19H16BrN5OS. The molecule has 0 amide bonds. The molecule has 0 unspecified atom stereocenters. The highest BCUT2D eigenvalue weighted by Crippen LogP contribution is 2.30. The number of nitrogens with one attached hydrogen (secondary N) is 1. The zero-order valence-electron chi connectivity index (χ0n) is 14.5. The van der Waals surface area contributed by atoms with Gasteiger partial charge >= 0.3 is 0 Å². The van der Waals surface area contributed by atoms with Gasteiger partial charge < -0.3 is 9.55 Å². The van der Waals surface area contributed by atoms with Gasteiger partial charge in [-0.05, 0) is 25.1 Å². The molecule has 0 aliphatic rings. The molecule has 0 aliphatic heterocycles. The summed E-state index contributed by atoms with van der Waals surface area (Å²) in [6.45, 7) is 2.80. The van der Waals surface area contributed by atoms with Gasteiger partial charge in [0.05, 0.1) is 16.7 Å². The molecule has 6 nitrogen and oxygen atoms in total. The Hall–Kier alpha value is -2.45. The average molecular weight is 442 g/mol. The van der Waals surface area contributed by atoms with Gasteiger partial charge in [-0.25, -0.2) is 4.98 Å². The van der Waals surface area contributed by atoms with Crippen LogP contribution in [0.4, 0.5) is 0 Å². The van der Waals surface area contributed by atoms with E-state index in [1.165, 1.54) is 11.8 Å². The summed E-state index contributed by atoms with van der Waals surface area (Å²) >= 11 is 5.08. The molecule has 4 aromatic rings. The number of para-hydroxylation sites is 1.